The number of ether oxygens (including phenoxy) is 1. The van der Waals surface area contributed by atoms with Gasteiger partial charge in [0.1, 0.15) is 9.88 Å². The molecule has 1 rings (SSSR count). The second kappa shape index (κ2) is 5.96. The molecule has 0 radical (unpaired) electrons. The first kappa shape index (κ1) is 13.1. The summed E-state index contributed by atoms with van der Waals surface area (Å²) in [6, 6.07) is 0.412. The van der Waals surface area contributed by atoms with Crippen LogP contribution in [0.2, 0.25) is 0 Å². The van der Waals surface area contributed by atoms with Crippen molar-refractivity contribution in [3.63, 3.8) is 0 Å². The molecule has 1 heterocycles. The first-order valence-corrected chi connectivity index (χ1v) is 6.23. The topological polar surface area (TPSA) is 51.2 Å². The molecular formula is C11H18N2O2S. The highest BCUT2D eigenvalue weighted by Gasteiger charge is 2.15. The van der Waals surface area contributed by atoms with Crippen molar-refractivity contribution in [3.05, 3.63) is 15.6 Å². The summed E-state index contributed by atoms with van der Waals surface area (Å²) >= 11 is 1.40. The molecule has 0 unspecified atom stereocenters. The van der Waals surface area contributed by atoms with Gasteiger partial charge in [0.2, 0.25) is 0 Å². The highest BCUT2D eigenvalue weighted by atomic mass is 32.1. The second-order valence-electron chi connectivity index (χ2n) is 3.78. The van der Waals surface area contributed by atoms with Crippen LogP contribution in [0.25, 0.3) is 0 Å². The largest absolute Gasteiger partial charge is 0.462 e. The Labute approximate surface area is 100 Å². The van der Waals surface area contributed by atoms with Gasteiger partial charge in [-0.05, 0) is 13.8 Å². The minimum absolute atomic E-state index is 0.270. The quantitative estimate of drug-likeness (QED) is 0.804. The van der Waals surface area contributed by atoms with E-state index >= 15 is 0 Å². The molecular weight excluding hydrogens is 224 g/mol. The summed E-state index contributed by atoms with van der Waals surface area (Å²) in [5.74, 6) is -0.270. The molecule has 0 aromatic carbocycles. The first-order chi connectivity index (χ1) is 7.54. The van der Waals surface area contributed by atoms with Gasteiger partial charge in [-0.25, -0.2) is 9.78 Å². The predicted molar refractivity (Wildman–Crippen MR) is 64.8 cm³/mol. The van der Waals surface area contributed by atoms with E-state index in [9.17, 15) is 4.79 Å². The zero-order valence-corrected chi connectivity index (χ0v) is 11.0. The van der Waals surface area contributed by atoms with Gasteiger partial charge in [0.25, 0.3) is 0 Å². The standard InChI is InChI=1S/C11H18N2O2S/c1-5-15-11(14)10-8(4)13-9(16-10)6-12-7(2)3/h7,12H,5-6H2,1-4H3. The zero-order chi connectivity index (χ0) is 12.1. The van der Waals surface area contributed by atoms with Crippen LogP contribution in [0.1, 0.15) is 41.1 Å². The van der Waals surface area contributed by atoms with Crippen molar-refractivity contribution >= 4 is 17.3 Å². The normalized spacial score (nSPS) is 10.8. The molecule has 0 saturated heterocycles. The third kappa shape index (κ3) is 3.57. The van der Waals surface area contributed by atoms with E-state index in [4.69, 9.17) is 4.74 Å². The van der Waals surface area contributed by atoms with Crippen molar-refractivity contribution < 1.29 is 9.53 Å². The molecule has 0 aliphatic rings. The SMILES string of the molecule is CCOC(=O)c1sc(CNC(C)C)nc1C. The molecule has 4 nitrogen and oxygen atoms in total. The average Bonchev–Trinajstić information content (AvgIpc) is 2.57. The summed E-state index contributed by atoms with van der Waals surface area (Å²) in [6.07, 6.45) is 0. The van der Waals surface area contributed by atoms with Crippen LogP contribution in [-0.4, -0.2) is 23.6 Å². The fourth-order valence-corrected chi connectivity index (χ4v) is 2.11. The summed E-state index contributed by atoms with van der Waals surface area (Å²) in [5, 5.41) is 4.19. The van der Waals surface area contributed by atoms with Crippen LogP contribution in [0.15, 0.2) is 0 Å². The number of nitrogens with one attached hydrogen (secondary N) is 1. The van der Waals surface area contributed by atoms with Gasteiger partial charge in [0, 0.05) is 12.6 Å². The molecule has 0 saturated carbocycles. The van der Waals surface area contributed by atoms with Crippen LogP contribution in [0.5, 0.6) is 0 Å². The summed E-state index contributed by atoms with van der Waals surface area (Å²) in [4.78, 5) is 16.5. The molecule has 1 aromatic heterocycles. The van der Waals surface area contributed by atoms with E-state index in [1.807, 2.05) is 6.92 Å². The van der Waals surface area contributed by atoms with Crippen molar-refractivity contribution in [1.82, 2.24) is 10.3 Å². The Morgan fingerprint density at radius 3 is 2.81 bits per heavy atom. The molecule has 16 heavy (non-hydrogen) atoms. The van der Waals surface area contributed by atoms with E-state index in [-0.39, 0.29) is 5.97 Å². The van der Waals surface area contributed by atoms with Gasteiger partial charge >= 0.3 is 5.97 Å². The number of carbonyl (C=O) groups excluding carboxylic acids is 1. The van der Waals surface area contributed by atoms with E-state index in [0.29, 0.717) is 24.1 Å². The maximum Gasteiger partial charge on any atom is 0.350 e. The van der Waals surface area contributed by atoms with Gasteiger partial charge in [-0.2, -0.15) is 0 Å². The maximum absolute atomic E-state index is 11.5. The van der Waals surface area contributed by atoms with E-state index in [0.717, 1.165) is 10.7 Å². The first-order valence-electron chi connectivity index (χ1n) is 5.41. The summed E-state index contributed by atoms with van der Waals surface area (Å²) in [7, 11) is 0. The molecule has 5 heteroatoms. The highest BCUT2D eigenvalue weighted by Crippen LogP contribution is 2.19. The van der Waals surface area contributed by atoms with Gasteiger partial charge in [-0.1, -0.05) is 13.8 Å². The molecule has 1 aromatic rings. The van der Waals surface area contributed by atoms with Gasteiger partial charge in [0.15, 0.2) is 0 Å². The zero-order valence-electron chi connectivity index (χ0n) is 10.2. The molecule has 0 aliphatic heterocycles. The number of hydrogen-bond acceptors (Lipinski definition) is 5. The predicted octanol–water partition coefficient (Wildman–Crippen LogP) is 2.13. The van der Waals surface area contributed by atoms with Crippen molar-refractivity contribution in [2.24, 2.45) is 0 Å². The number of aromatic nitrogens is 1. The van der Waals surface area contributed by atoms with Crippen molar-refractivity contribution in [2.75, 3.05) is 6.61 Å². The Morgan fingerprint density at radius 1 is 1.56 bits per heavy atom. The van der Waals surface area contributed by atoms with E-state index in [2.05, 4.69) is 24.1 Å². The minimum atomic E-state index is -0.270. The Kier molecular flexibility index (Phi) is 4.89. The molecule has 90 valence electrons. The van der Waals surface area contributed by atoms with Crippen LogP contribution < -0.4 is 5.32 Å². The number of thiazole rings is 1. The summed E-state index contributed by atoms with van der Waals surface area (Å²) in [6.45, 7) is 8.88. The average molecular weight is 242 g/mol. The highest BCUT2D eigenvalue weighted by molar-refractivity contribution is 7.13. The molecule has 0 fully saturated rings. The minimum Gasteiger partial charge on any atom is -0.462 e. The molecule has 0 bridgehead atoms. The van der Waals surface area contributed by atoms with Crippen LogP contribution in [0.3, 0.4) is 0 Å². The third-order valence-electron chi connectivity index (χ3n) is 1.96. The number of esters is 1. The van der Waals surface area contributed by atoms with E-state index < -0.39 is 0 Å². The fourth-order valence-electron chi connectivity index (χ4n) is 1.21. The van der Waals surface area contributed by atoms with Crippen LogP contribution >= 0.6 is 11.3 Å². The van der Waals surface area contributed by atoms with Crippen molar-refractivity contribution in [3.8, 4) is 0 Å². The number of aryl methyl sites for hydroxylation is 1. The number of carbonyl (C=O) groups is 1. The molecule has 0 spiro atoms. The van der Waals surface area contributed by atoms with Gasteiger partial charge in [-0.15, -0.1) is 11.3 Å². The van der Waals surface area contributed by atoms with Crippen LogP contribution in [0, 0.1) is 6.92 Å². The smallest absolute Gasteiger partial charge is 0.350 e. The molecule has 1 N–H and O–H groups in total. The van der Waals surface area contributed by atoms with E-state index in [1.165, 1.54) is 11.3 Å². The van der Waals surface area contributed by atoms with Crippen molar-refractivity contribution in [2.45, 2.75) is 40.3 Å². The Hall–Kier alpha value is -0.940. The van der Waals surface area contributed by atoms with Crippen LogP contribution in [0.4, 0.5) is 0 Å². The molecule has 0 atom stereocenters. The van der Waals surface area contributed by atoms with Gasteiger partial charge in [-0.3, -0.25) is 0 Å². The summed E-state index contributed by atoms with van der Waals surface area (Å²) in [5.41, 5.74) is 0.754. The Balaban J connectivity index is 2.69. The van der Waals surface area contributed by atoms with Gasteiger partial charge in [0.05, 0.1) is 12.3 Å². The van der Waals surface area contributed by atoms with Gasteiger partial charge < -0.3 is 10.1 Å². The third-order valence-corrected chi connectivity index (χ3v) is 3.10. The fraction of sp³-hybridized carbons (Fsp3) is 0.636. The van der Waals surface area contributed by atoms with Crippen LogP contribution in [-0.2, 0) is 11.3 Å². The number of rotatable bonds is 5. The molecule has 0 aliphatic carbocycles. The second-order valence-corrected chi connectivity index (χ2v) is 4.86. The lowest BCUT2D eigenvalue weighted by Gasteiger charge is -2.04. The monoisotopic (exact) mass is 242 g/mol. The lowest BCUT2D eigenvalue weighted by molar-refractivity contribution is 0.0531. The summed E-state index contributed by atoms with van der Waals surface area (Å²) < 4.78 is 4.96. The Morgan fingerprint density at radius 2 is 2.25 bits per heavy atom. The lowest BCUT2D eigenvalue weighted by atomic mass is 10.4. The van der Waals surface area contributed by atoms with E-state index in [1.54, 1.807) is 6.92 Å². The molecule has 0 amide bonds. The lowest BCUT2D eigenvalue weighted by Crippen LogP contribution is -2.21. The number of hydrogen-bond donors (Lipinski definition) is 1. The number of nitrogens with zero attached hydrogens (tertiary/aromatic N) is 1. The van der Waals surface area contributed by atoms with Crippen molar-refractivity contribution in [1.29, 1.82) is 0 Å². The maximum atomic E-state index is 11.5. The Bertz CT molecular complexity index is 361.